The monoisotopic (exact) mass is 519 g/mol. The number of halogens is 2. The van der Waals surface area contributed by atoms with E-state index in [0.717, 1.165) is 43.9 Å². The van der Waals surface area contributed by atoms with Gasteiger partial charge in [-0.15, -0.1) is 0 Å². The predicted molar refractivity (Wildman–Crippen MR) is 129 cm³/mol. The molecule has 0 bridgehead atoms. The lowest BCUT2D eigenvalue weighted by Gasteiger charge is -2.20. The van der Waals surface area contributed by atoms with Crippen LogP contribution in [0.4, 0.5) is 9.18 Å². The third-order valence-electron chi connectivity index (χ3n) is 5.62. The van der Waals surface area contributed by atoms with E-state index in [1.807, 2.05) is 13.8 Å². The molecule has 2 rings (SSSR count). The summed E-state index contributed by atoms with van der Waals surface area (Å²) in [7, 11) is -3.86. The van der Waals surface area contributed by atoms with E-state index < -0.39 is 28.0 Å². The van der Waals surface area contributed by atoms with Crippen LogP contribution in [0.25, 0.3) is 0 Å². The number of rotatable bonds is 13. The Balaban J connectivity index is 1.71. The summed E-state index contributed by atoms with van der Waals surface area (Å²) in [6, 6.07) is 2.39. The molecule has 0 heterocycles. The molecule has 0 spiro atoms. The molecule has 0 aliphatic heterocycles. The minimum Gasteiger partial charge on any atom is -0.449 e. The number of benzene rings is 1. The molecular weight excluding hydrogens is 485 g/mol. The van der Waals surface area contributed by atoms with E-state index in [4.69, 9.17) is 16.3 Å². The fourth-order valence-electron chi connectivity index (χ4n) is 3.82. The summed E-state index contributed by atoms with van der Waals surface area (Å²) in [4.78, 5) is 24.5. The first-order chi connectivity index (χ1) is 16.1. The number of amides is 2. The Bertz CT molecular complexity index is 923. The zero-order valence-corrected chi connectivity index (χ0v) is 21.3. The smallest absolute Gasteiger partial charge is 0.407 e. The van der Waals surface area contributed by atoms with Gasteiger partial charge in [-0.25, -0.2) is 22.3 Å². The number of carbonyl (C=O) groups excluding carboxylic acids is 2. The average Bonchev–Trinajstić information content (AvgIpc) is 3.27. The molecule has 1 saturated carbocycles. The van der Waals surface area contributed by atoms with Crippen LogP contribution >= 0.6 is 11.6 Å². The Morgan fingerprint density at radius 2 is 1.85 bits per heavy atom. The Kier molecular flexibility index (Phi) is 11.5. The first-order valence-electron chi connectivity index (χ1n) is 11.7. The van der Waals surface area contributed by atoms with Crippen molar-refractivity contribution in [1.29, 1.82) is 0 Å². The third-order valence-corrected chi connectivity index (χ3v) is 7.56. The summed E-state index contributed by atoms with van der Waals surface area (Å²) in [6.45, 7) is 4.76. The van der Waals surface area contributed by atoms with Crippen molar-refractivity contribution in [3.05, 3.63) is 29.0 Å². The van der Waals surface area contributed by atoms with Crippen LogP contribution in [-0.2, 0) is 19.6 Å². The summed E-state index contributed by atoms with van der Waals surface area (Å²) in [5.41, 5.74) is 0. The first kappa shape index (κ1) is 28.3. The molecule has 1 atom stereocenters. The van der Waals surface area contributed by atoms with Crippen molar-refractivity contribution >= 4 is 33.6 Å². The van der Waals surface area contributed by atoms with Crippen LogP contribution in [0, 0.1) is 17.7 Å². The highest BCUT2D eigenvalue weighted by molar-refractivity contribution is 7.89. The summed E-state index contributed by atoms with van der Waals surface area (Å²) >= 11 is 5.82. The molecule has 0 unspecified atom stereocenters. The molecule has 2 amide bonds. The highest BCUT2D eigenvalue weighted by Gasteiger charge is 2.24. The lowest BCUT2D eigenvalue weighted by molar-refractivity contribution is -0.123. The van der Waals surface area contributed by atoms with Crippen LogP contribution < -0.4 is 15.4 Å². The summed E-state index contributed by atoms with van der Waals surface area (Å²) < 4.78 is 45.4. The van der Waals surface area contributed by atoms with Gasteiger partial charge in [-0.3, -0.25) is 4.79 Å². The van der Waals surface area contributed by atoms with E-state index in [-0.39, 0.29) is 28.3 Å². The molecule has 1 aromatic rings. The Morgan fingerprint density at radius 3 is 2.50 bits per heavy atom. The summed E-state index contributed by atoms with van der Waals surface area (Å²) in [5, 5.41) is 5.26. The fraction of sp³-hybridized carbons (Fsp3) is 0.652. The van der Waals surface area contributed by atoms with E-state index in [9.17, 15) is 22.4 Å². The van der Waals surface area contributed by atoms with Crippen molar-refractivity contribution in [2.24, 2.45) is 11.8 Å². The van der Waals surface area contributed by atoms with Crippen LogP contribution in [0.2, 0.25) is 5.02 Å². The number of sulfonamides is 1. The van der Waals surface area contributed by atoms with Gasteiger partial charge < -0.3 is 15.4 Å². The van der Waals surface area contributed by atoms with Crippen molar-refractivity contribution in [3.63, 3.8) is 0 Å². The summed E-state index contributed by atoms with van der Waals surface area (Å²) in [6.07, 6.45) is 5.33. The van der Waals surface area contributed by atoms with Crippen LogP contribution in [-0.4, -0.2) is 46.2 Å². The van der Waals surface area contributed by atoms with Crippen LogP contribution in [0.3, 0.4) is 0 Å². The molecule has 0 radical (unpaired) electrons. The Labute approximate surface area is 206 Å². The molecule has 11 heteroatoms. The maximum atomic E-state index is 13.1. The minimum atomic E-state index is -3.86. The lowest BCUT2D eigenvalue weighted by atomic mass is 10.0. The molecule has 1 aliphatic carbocycles. The van der Waals surface area contributed by atoms with E-state index >= 15 is 0 Å². The van der Waals surface area contributed by atoms with Crippen molar-refractivity contribution in [3.8, 4) is 0 Å². The van der Waals surface area contributed by atoms with Crippen molar-refractivity contribution < 1.29 is 27.1 Å². The molecule has 8 nitrogen and oxygen atoms in total. The van der Waals surface area contributed by atoms with Gasteiger partial charge in [-0.1, -0.05) is 38.3 Å². The second-order valence-corrected chi connectivity index (χ2v) is 11.2. The normalized spacial score (nSPS) is 15.3. The number of nitrogens with one attached hydrogen (secondary N) is 3. The predicted octanol–water partition coefficient (Wildman–Crippen LogP) is 3.98. The molecule has 192 valence electrons. The molecule has 1 aliphatic rings. The molecule has 3 N–H and O–H groups in total. The zero-order valence-electron chi connectivity index (χ0n) is 19.7. The van der Waals surface area contributed by atoms with E-state index in [0.29, 0.717) is 38.3 Å². The topological polar surface area (TPSA) is 114 Å². The van der Waals surface area contributed by atoms with E-state index in [1.165, 1.54) is 0 Å². The maximum Gasteiger partial charge on any atom is 0.407 e. The van der Waals surface area contributed by atoms with Gasteiger partial charge in [0.1, 0.15) is 16.8 Å². The maximum absolute atomic E-state index is 13.1. The SMILES string of the molecule is CC(C)C[C@H](NC(=O)OCC1CCCC1)C(=O)NCCCCNS(=O)(=O)c1ccc(F)cc1Cl. The van der Waals surface area contributed by atoms with E-state index in [2.05, 4.69) is 15.4 Å². The number of ether oxygens (including phenoxy) is 1. The Morgan fingerprint density at radius 1 is 1.18 bits per heavy atom. The van der Waals surface area contributed by atoms with Crippen LogP contribution in [0.1, 0.15) is 58.8 Å². The molecule has 1 fully saturated rings. The van der Waals surface area contributed by atoms with Crippen LogP contribution in [0.5, 0.6) is 0 Å². The number of unbranched alkanes of at least 4 members (excludes halogenated alkanes) is 1. The van der Waals surface area contributed by atoms with Gasteiger partial charge in [0.05, 0.1) is 11.6 Å². The van der Waals surface area contributed by atoms with Crippen molar-refractivity contribution in [2.45, 2.75) is 69.7 Å². The molecule has 34 heavy (non-hydrogen) atoms. The second-order valence-electron chi connectivity index (χ2n) is 9.05. The third kappa shape index (κ3) is 9.76. The largest absolute Gasteiger partial charge is 0.449 e. The quantitative estimate of drug-likeness (QED) is 0.341. The highest BCUT2D eigenvalue weighted by atomic mass is 35.5. The van der Waals surface area contributed by atoms with Gasteiger partial charge in [0, 0.05) is 13.1 Å². The molecule has 1 aromatic carbocycles. The van der Waals surface area contributed by atoms with Crippen molar-refractivity contribution in [2.75, 3.05) is 19.7 Å². The van der Waals surface area contributed by atoms with Gasteiger partial charge in [-0.05, 0) is 62.1 Å². The number of hydrogen-bond donors (Lipinski definition) is 3. The van der Waals surface area contributed by atoms with E-state index in [1.54, 1.807) is 0 Å². The number of hydrogen-bond acceptors (Lipinski definition) is 5. The Hall–Kier alpha value is -1.91. The van der Waals surface area contributed by atoms with Gasteiger partial charge in [-0.2, -0.15) is 0 Å². The fourth-order valence-corrected chi connectivity index (χ4v) is 5.42. The zero-order chi connectivity index (χ0) is 25.1. The lowest BCUT2D eigenvalue weighted by Crippen LogP contribution is -2.48. The van der Waals surface area contributed by atoms with Gasteiger partial charge in [0.2, 0.25) is 15.9 Å². The molecule has 0 saturated heterocycles. The standard InChI is InChI=1S/C23H35ClFN3O5S/c1-16(2)13-20(28-23(30)33-15-17-7-3-4-8-17)22(29)26-11-5-6-12-27-34(31,32)21-10-9-18(25)14-19(21)24/h9-10,14,16-17,20,27H,3-8,11-13,15H2,1-2H3,(H,26,29)(H,28,30)/t20-/m0/s1. The van der Waals surface area contributed by atoms with Gasteiger partial charge in [0.15, 0.2) is 0 Å². The average molecular weight is 520 g/mol. The molecular formula is C23H35ClFN3O5S. The van der Waals surface area contributed by atoms with Gasteiger partial charge in [0.25, 0.3) is 0 Å². The summed E-state index contributed by atoms with van der Waals surface area (Å²) in [5.74, 6) is -0.324. The second kappa shape index (κ2) is 13.8. The van der Waals surface area contributed by atoms with Crippen molar-refractivity contribution in [1.82, 2.24) is 15.4 Å². The highest BCUT2D eigenvalue weighted by Crippen LogP contribution is 2.24. The number of alkyl carbamates (subject to hydrolysis) is 1. The first-order valence-corrected chi connectivity index (χ1v) is 13.6. The minimum absolute atomic E-state index is 0.132. The molecule has 0 aromatic heterocycles. The number of carbonyl (C=O) groups is 2. The van der Waals surface area contributed by atoms with Crippen LogP contribution in [0.15, 0.2) is 23.1 Å². The van der Waals surface area contributed by atoms with Gasteiger partial charge >= 0.3 is 6.09 Å².